The molecule has 0 aliphatic carbocycles. The normalized spacial score (nSPS) is 0. The van der Waals surface area contributed by atoms with Crippen molar-refractivity contribution in [3.63, 3.8) is 0 Å². The Hall–Kier alpha value is 7.39. The van der Waals surface area contributed by atoms with E-state index in [0.717, 1.165) is 0 Å². The van der Waals surface area contributed by atoms with Crippen molar-refractivity contribution in [1.29, 1.82) is 0 Å². The molecule has 0 saturated heterocycles. The largest absolute Gasteiger partial charge is 2.00 e. The van der Waals surface area contributed by atoms with E-state index in [0.29, 0.717) is 0 Å². The fourth-order valence-corrected chi connectivity index (χ4v) is 0. The number of hydrogen-bond donors (Lipinski definition) is 0. The molecule has 0 amide bonds. The van der Waals surface area contributed by atoms with Gasteiger partial charge >= 0.3 is 341 Å². The van der Waals surface area contributed by atoms with E-state index in [2.05, 4.69) is 0 Å². The molecule has 0 aliphatic heterocycles. The molecule has 0 radical (unpaired) electrons. The summed E-state index contributed by atoms with van der Waals surface area (Å²) < 4.78 is 0. The maximum absolute atomic E-state index is 0. The average molecular weight is 2320 g/mol. The van der Waals surface area contributed by atoms with E-state index in [4.69, 9.17) is 0 Å². The van der Waals surface area contributed by atoms with Gasteiger partial charge < -0.3 is 411 Å². The zero-order chi connectivity index (χ0) is 0. The van der Waals surface area contributed by atoms with Crippen molar-refractivity contribution in [1.82, 2.24) is 0 Å². The van der Waals surface area contributed by atoms with E-state index in [-0.39, 0.29) is 752 Å². The van der Waals surface area contributed by atoms with Gasteiger partial charge in [0.1, 0.15) is 0 Å². The summed E-state index contributed by atoms with van der Waals surface area (Å²) in [6.45, 7) is 0. The Balaban J connectivity index is 0. The molecular weight excluding hydrogens is 2320 g/mol. The van der Waals surface area contributed by atoms with Gasteiger partial charge in [-0.3, -0.25) is 0 Å². The second-order valence-corrected chi connectivity index (χ2v) is 0. The second kappa shape index (κ2) is 18700. The first-order chi connectivity index (χ1) is 0. The van der Waals surface area contributed by atoms with E-state index >= 15 is 0 Å². The molecule has 720 valence electrons. The van der Waals surface area contributed by atoms with Crippen LogP contribution in [0.5, 0.6) is 0 Å². The summed E-state index contributed by atoms with van der Waals surface area (Å²) in [6, 6.07) is 0. The molecule has 0 N–H and O–H groups in total. The minimum Gasteiger partial charge on any atom is -2.00 e. The molecule has 0 atom stereocenters. The Kier molecular flexibility index (Phi) is 3800000. The molecule has 0 aromatic rings. The van der Waals surface area contributed by atoms with Crippen molar-refractivity contribution in [2.24, 2.45) is 0 Å². The van der Waals surface area contributed by atoms with Crippen LogP contribution in [-0.4, -0.2) is 0 Å². The van der Waals surface area contributed by atoms with Crippen molar-refractivity contribution in [3.05, 3.63) is 0 Å². The van der Waals surface area contributed by atoms with Gasteiger partial charge in [0.15, 0.2) is 0 Å². The van der Waals surface area contributed by atoms with E-state index in [1.807, 2.05) is 0 Å². The van der Waals surface area contributed by atoms with Crippen LogP contribution in [-0.2, 0) is 752 Å². The van der Waals surface area contributed by atoms with Gasteiger partial charge in [0.2, 0.25) is 0 Å². The summed E-state index contributed by atoms with van der Waals surface area (Å²) in [5.74, 6) is 0. The smallest absolute Gasteiger partial charge is 2.00 e. The Morgan fingerprint density at radius 2 is 0.0211 bits per heavy atom. The van der Waals surface area contributed by atoms with Gasteiger partial charge in [-0.2, -0.15) is 0 Å². The maximum Gasteiger partial charge on any atom is 2.00 e. The quantitative estimate of drug-likeness (QED) is 0.204. The summed E-state index contributed by atoms with van der Waals surface area (Å²) in [5, 5.41) is 0. The molecule has 0 fully saturated rings. The van der Waals surface area contributed by atoms with E-state index < -0.39 is 0 Å². The monoisotopic (exact) mass is 2320 g/mol. The molecular formula is Fe20O75-110. The molecule has 95 heavy (non-hydrogen) atoms. The molecule has 95 heteroatoms. The molecule has 0 aliphatic rings. The van der Waals surface area contributed by atoms with Gasteiger partial charge in [-0.15, -0.1) is 0 Å². The third-order valence-corrected chi connectivity index (χ3v) is 0. The first kappa shape index (κ1) is 19300. The summed E-state index contributed by atoms with van der Waals surface area (Å²) in [5.41, 5.74) is 0. The van der Waals surface area contributed by atoms with Gasteiger partial charge in [-0.1, -0.05) is 0 Å². The van der Waals surface area contributed by atoms with Gasteiger partial charge in [-0.25, -0.2) is 0 Å². The minimum atomic E-state index is 0. The molecule has 0 heterocycles. The number of rotatable bonds is 0. The fraction of sp³-hybridized carbons (Fsp3) is 0. The van der Waals surface area contributed by atoms with Crippen LogP contribution in [0.4, 0.5) is 0 Å². The van der Waals surface area contributed by atoms with Gasteiger partial charge in [0, 0.05) is 0 Å². The topological polar surface area (TPSA) is 2140 Å². The van der Waals surface area contributed by atoms with Crippen molar-refractivity contribution in [3.8, 4) is 0 Å². The molecule has 0 unspecified atom stereocenters. The fourth-order valence-electron chi connectivity index (χ4n) is 0. The second-order valence-electron chi connectivity index (χ2n) is 0. The SMILES string of the molecule is [Fe+2].[Fe+2].[Fe+2].[Fe+2].[Fe+2].[Fe+2].[Fe+2].[Fe+2].[Fe+2].[Fe+2].[Fe+2].[Fe+2].[Fe+2].[Fe+2].[Fe+2].[Fe+2].[Fe+2].[Fe+2].[Fe+2].[Fe+2].[O-2].[O-2].[O-2].[O-2].[O-2].[O-2].[O-2].[O-2].[O-2].[O-2].[O-2].[O-2].[O-2].[O-2].[O-2].[O-2].[O-2].[O-2].[O-2].[O-2].[O-2].[O-2].[O-2].[O-2].[O-2].[O-2].[O-2].[O-2].[O-2].[O-2].[O-2].[O-2].[O-2].[O-2].[O-2].[O-2].[O-2].[O-2].[O-2].[O-2].[O-2].[O-2].[O-2].[O-2].[O-2].[O-2].[O-2].[O-2].[O-2].[O-2].[O-2].[O-2].[O-2].[O-2].[O-2].[O-2].[O-2].[O-2].[O-2].[O-2].[O-2].[O-2].[O-2].[O-2].[O-2].[O-2].[O-2].[O-2].[O-2].[O-2].[O-2].[O-2].[O-2].[O-2].[O-2]. The predicted octanol–water partition coefficient (Wildman–Crippen LogP) is -8.96. The van der Waals surface area contributed by atoms with Crippen molar-refractivity contribution in [2.45, 2.75) is 0 Å². The minimum absolute atomic E-state index is 0. The van der Waals surface area contributed by atoms with Crippen molar-refractivity contribution < 1.29 is 752 Å². The van der Waals surface area contributed by atoms with Gasteiger partial charge in [0.05, 0.1) is 0 Å². The standard InChI is InChI=1S/20Fe.75O/q20*+2;75*-2. The van der Waals surface area contributed by atoms with Crippen LogP contribution in [0.3, 0.4) is 0 Å². The number of hydrogen-bond acceptors (Lipinski definition) is 0. The first-order valence-corrected chi connectivity index (χ1v) is 0. The van der Waals surface area contributed by atoms with E-state index in [1.54, 1.807) is 0 Å². The molecule has 0 aromatic carbocycles. The van der Waals surface area contributed by atoms with Crippen LogP contribution in [0.25, 0.3) is 0 Å². The Bertz CT molecular complexity index is 70.5. The molecule has 0 spiro atoms. The Labute approximate surface area is 744 Å². The third-order valence-electron chi connectivity index (χ3n) is 0. The van der Waals surface area contributed by atoms with Crippen LogP contribution in [0.15, 0.2) is 0 Å². The summed E-state index contributed by atoms with van der Waals surface area (Å²) >= 11 is 0. The van der Waals surface area contributed by atoms with Crippen LogP contribution >= 0.6 is 0 Å². The van der Waals surface area contributed by atoms with Gasteiger partial charge in [0.25, 0.3) is 0 Å². The van der Waals surface area contributed by atoms with Crippen molar-refractivity contribution >= 4 is 0 Å². The zero-order valence-corrected chi connectivity index (χ0v) is 59.8. The summed E-state index contributed by atoms with van der Waals surface area (Å²) in [4.78, 5) is 0. The third kappa shape index (κ3) is 18300. The van der Waals surface area contributed by atoms with Crippen LogP contribution in [0.2, 0.25) is 0 Å². The zero-order valence-electron chi connectivity index (χ0n) is 37.7. The molecule has 0 saturated carbocycles. The molecule has 75 nitrogen and oxygen atoms in total. The maximum atomic E-state index is 0. The van der Waals surface area contributed by atoms with Crippen LogP contribution in [0, 0.1) is 0 Å². The van der Waals surface area contributed by atoms with E-state index in [1.165, 1.54) is 0 Å². The summed E-state index contributed by atoms with van der Waals surface area (Å²) in [6.07, 6.45) is 0. The Morgan fingerprint density at radius 3 is 0.0211 bits per heavy atom. The average Bonchev–Trinajstić information content (AvgIpc) is 0. The summed E-state index contributed by atoms with van der Waals surface area (Å²) in [7, 11) is 0. The predicted molar refractivity (Wildman–Crippen MR) is 51.5 cm³/mol. The molecule has 0 rings (SSSR count). The molecule has 0 bridgehead atoms. The Morgan fingerprint density at radius 1 is 0.0211 bits per heavy atom. The first-order valence-electron chi connectivity index (χ1n) is 0. The van der Waals surface area contributed by atoms with Crippen LogP contribution < -0.4 is 0 Å². The van der Waals surface area contributed by atoms with Crippen molar-refractivity contribution in [2.75, 3.05) is 0 Å². The van der Waals surface area contributed by atoms with Crippen LogP contribution in [0.1, 0.15) is 0 Å². The van der Waals surface area contributed by atoms with Gasteiger partial charge in [-0.05, 0) is 0 Å². The molecule has 0 aromatic heterocycles. The van der Waals surface area contributed by atoms with E-state index in [9.17, 15) is 0 Å².